The van der Waals surface area contributed by atoms with Crippen molar-refractivity contribution in [3.63, 3.8) is 0 Å². The molecule has 6 nitrogen and oxygen atoms in total. The molecule has 7 heteroatoms. The highest BCUT2D eigenvalue weighted by Gasteiger charge is 2.21. The number of nitrogens with one attached hydrogen (secondary N) is 1. The Morgan fingerprint density at radius 2 is 2.12 bits per heavy atom. The van der Waals surface area contributed by atoms with Gasteiger partial charge in [-0.15, -0.1) is 10.2 Å². The maximum atomic E-state index is 12.5. The van der Waals surface area contributed by atoms with Crippen LogP contribution in [-0.4, -0.2) is 39.0 Å². The number of hydrogen-bond donors (Lipinski definition) is 1. The van der Waals surface area contributed by atoms with Crippen LogP contribution in [0.2, 0.25) is 0 Å². The zero-order chi connectivity index (χ0) is 17.2. The molecule has 1 aromatic carbocycles. The standard InChI is InChI=1S/C18H19N5OS/c1-11-22-23-18(25-11)13-2-3-14-10-20-17(21-15(14)8-13)9-16(24)12-4-6-19-7-5-12/h2-3,8,10,12,19H,4-7,9H2,1H3. The maximum Gasteiger partial charge on any atom is 0.147 e. The molecule has 0 radical (unpaired) electrons. The van der Waals surface area contributed by atoms with Gasteiger partial charge in [-0.25, -0.2) is 9.97 Å². The molecule has 0 saturated carbocycles. The number of rotatable bonds is 4. The number of carbonyl (C=O) groups is 1. The Hall–Kier alpha value is -2.25. The number of aromatic nitrogens is 4. The molecule has 4 rings (SSSR count). The van der Waals surface area contributed by atoms with Gasteiger partial charge in [0.1, 0.15) is 21.6 Å². The van der Waals surface area contributed by atoms with Crippen LogP contribution in [0.1, 0.15) is 23.7 Å². The Morgan fingerprint density at radius 3 is 2.88 bits per heavy atom. The predicted octanol–water partition coefficient (Wildman–Crippen LogP) is 2.57. The number of aryl methyl sites for hydroxylation is 1. The van der Waals surface area contributed by atoms with Crippen LogP contribution in [0.5, 0.6) is 0 Å². The van der Waals surface area contributed by atoms with Crippen LogP contribution in [0.25, 0.3) is 21.5 Å². The van der Waals surface area contributed by atoms with Crippen molar-refractivity contribution in [1.82, 2.24) is 25.5 Å². The molecular weight excluding hydrogens is 334 g/mol. The van der Waals surface area contributed by atoms with Gasteiger partial charge in [-0.2, -0.15) is 0 Å². The van der Waals surface area contributed by atoms with Crippen LogP contribution < -0.4 is 5.32 Å². The van der Waals surface area contributed by atoms with E-state index in [-0.39, 0.29) is 11.7 Å². The van der Waals surface area contributed by atoms with Gasteiger partial charge in [0.05, 0.1) is 11.9 Å². The SMILES string of the molecule is Cc1nnc(-c2ccc3cnc(CC(=O)C4CCNCC4)nc3c2)s1. The van der Waals surface area contributed by atoms with E-state index in [0.717, 1.165) is 52.4 Å². The summed E-state index contributed by atoms with van der Waals surface area (Å²) in [6.07, 6.45) is 3.92. The van der Waals surface area contributed by atoms with E-state index >= 15 is 0 Å². The van der Waals surface area contributed by atoms with Crippen LogP contribution in [0.4, 0.5) is 0 Å². The quantitative estimate of drug-likeness (QED) is 0.776. The summed E-state index contributed by atoms with van der Waals surface area (Å²) in [6, 6.07) is 5.99. The number of benzene rings is 1. The molecule has 3 heterocycles. The predicted molar refractivity (Wildman–Crippen MR) is 97.5 cm³/mol. The van der Waals surface area contributed by atoms with Crippen molar-refractivity contribution in [1.29, 1.82) is 0 Å². The third-order valence-corrected chi connectivity index (χ3v) is 5.42. The lowest BCUT2D eigenvalue weighted by Crippen LogP contribution is -2.32. The minimum Gasteiger partial charge on any atom is -0.317 e. The van der Waals surface area contributed by atoms with Gasteiger partial charge in [-0.1, -0.05) is 23.5 Å². The minimum atomic E-state index is 0.135. The number of Topliss-reactive ketones (excluding diaryl/α,β-unsaturated/α-hetero) is 1. The van der Waals surface area contributed by atoms with Gasteiger partial charge in [-0.05, 0) is 38.9 Å². The molecule has 3 aromatic rings. The fraction of sp³-hybridized carbons (Fsp3) is 0.389. The summed E-state index contributed by atoms with van der Waals surface area (Å²) in [4.78, 5) is 21.5. The first-order chi connectivity index (χ1) is 12.2. The summed E-state index contributed by atoms with van der Waals surface area (Å²) in [5.41, 5.74) is 1.83. The summed E-state index contributed by atoms with van der Waals surface area (Å²) in [5, 5.41) is 14.3. The monoisotopic (exact) mass is 353 g/mol. The molecule has 1 aliphatic rings. The topological polar surface area (TPSA) is 80.7 Å². The van der Waals surface area contributed by atoms with Gasteiger partial charge < -0.3 is 5.32 Å². The first-order valence-electron chi connectivity index (χ1n) is 8.48. The third-order valence-electron chi connectivity index (χ3n) is 4.53. The molecule has 0 aliphatic carbocycles. The van der Waals surface area contributed by atoms with Crippen molar-refractivity contribution < 1.29 is 4.79 Å². The molecule has 0 amide bonds. The lowest BCUT2D eigenvalue weighted by molar-refractivity contribution is -0.123. The van der Waals surface area contributed by atoms with E-state index in [1.807, 2.05) is 25.1 Å². The Morgan fingerprint density at radius 1 is 1.28 bits per heavy atom. The minimum absolute atomic E-state index is 0.135. The average molecular weight is 353 g/mol. The van der Waals surface area contributed by atoms with E-state index < -0.39 is 0 Å². The zero-order valence-electron chi connectivity index (χ0n) is 14.0. The molecule has 1 fully saturated rings. The van der Waals surface area contributed by atoms with Crippen molar-refractivity contribution in [2.24, 2.45) is 5.92 Å². The molecule has 0 unspecified atom stereocenters. The molecule has 2 aromatic heterocycles. The number of hydrogen-bond acceptors (Lipinski definition) is 7. The molecule has 1 N–H and O–H groups in total. The van der Waals surface area contributed by atoms with Crippen LogP contribution >= 0.6 is 11.3 Å². The van der Waals surface area contributed by atoms with Crippen LogP contribution in [0, 0.1) is 12.8 Å². The van der Waals surface area contributed by atoms with Gasteiger partial charge >= 0.3 is 0 Å². The Labute approximate surface area is 149 Å². The van der Waals surface area contributed by atoms with Crippen LogP contribution in [0.3, 0.4) is 0 Å². The van der Waals surface area contributed by atoms with Gasteiger partial charge in [0.25, 0.3) is 0 Å². The summed E-state index contributed by atoms with van der Waals surface area (Å²) in [7, 11) is 0. The molecule has 0 atom stereocenters. The second kappa shape index (κ2) is 6.93. The molecule has 0 spiro atoms. The smallest absolute Gasteiger partial charge is 0.147 e. The first kappa shape index (κ1) is 16.2. The fourth-order valence-corrected chi connectivity index (χ4v) is 3.83. The van der Waals surface area contributed by atoms with Crippen molar-refractivity contribution in [3.8, 4) is 10.6 Å². The van der Waals surface area contributed by atoms with Crippen molar-refractivity contribution in [2.45, 2.75) is 26.2 Å². The highest BCUT2D eigenvalue weighted by atomic mass is 32.1. The van der Waals surface area contributed by atoms with E-state index in [2.05, 4.69) is 25.5 Å². The molecular formula is C18H19N5OS. The highest BCUT2D eigenvalue weighted by Crippen LogP contribution is 2.26. The third kappa shape index (κ3) is 3.57. The second-order valence-electron chi connectivity index (χ2n) is 6.35. The van der Waals surface area contributed by atoms with Crippen LogP contribution in [-0.2, 0) is 11.2 Å². The van der Waals surface area contributed by atoms with E-state index in [4.69, 9.17) is 0 Å². The summed E-state index contributed by atoms with van der Waals surface area (Å²) in [6.45, 7) is 3.77. The van der Waals surface area contributed by atoms with E-state index in [9.17, 15) is 4.79 Å². The largest absolute Gasteiger partial charge is 0.317 e. The van der Waals surface area contributed by atoms with Crippen LogP contribution in [0.15, 0.2) is 24.4 Å². The van der Waals surface area contributed by atoms with Crippen molar-refractivity contribution in [2.75, 3.05) is 13.1 Å². The first-order valence-corrected chi connectivity index (χ1v) is 9.30. The Balaban J connectivity index is 1.59. The number of piperidine rings is 1. The second-order valence-corrected chi connectivity index (χ2v) is 7.54. The average Bonchev–Trinajstić information content (AvgIpc) is 3.08. The Bertz CT molecular complexity index is 917. The van der Waals surface area contributed by atoms with Gasteiger partial charge in [-0.3, -0.25) is 4.79 Å². The number of carbonyl (C=O) groups excluding carboxylic acids is 1. The van der Waals surface area contributed by atoms with E-state index in [1.54, 1.807) is 17.5 Å². The Kier molecular flexibility index (Phi) is 4.50. The van der Waals surface area contributed by atoms with Gasteiger partial charge in [0, 0.05) is 23.1 Å². The maximum absolute atomic E-state index is 12.5. The van der Waals surface area contributed by atoms with E-state index in [1.165, 1.54) is 0 Å². The molecule has 1 aliphatic heterocycles. The highest BCUT2D eigenvalue weighted by molar-refractivity contribution is 7.14. The summed E-state index contributed by atoms with van der Waals surface area (Å²) in [5.74, 6) is 0.981. The fourth-order valence-electron chi connectivity index (χ4n) is 3.14. The molecule has 128 valence electrons. The lowest BCUT2D eigenvalue weighted by atomic mass is 9.92. The number of ketones is 1. The number of nitrogens with zero attached hydrogens (tertiary/aromatic N) is 4. The molecule has 0 bridgehead atoms. The summed E-state index contributed by atoms with van der Waals surface area (Å²) < 4.78 is 0. The normalized spacial score (nSPS) is 15.6. The van der Waals surface area contributed by atoms with Crippen molar-refractivity contribution in [3.05, 3.63) is 35.2 Å². The van der Waals surface area contributed by atoms with Gasteiger partial charge in [0.15, 0.2) is 0 Å². The molecule has 25 heavy (non-hydrogen) atoms. The molecule has 1 saturated heterocycles. The van der Waals surface area contributed by atoms with Gasteiger partial charge in [0.2, 0.25) is 0 Å². The lowest BCUT2D eigenvalue weighted by Gasteiger charge is -2.21. The zero-order valence-corrected chi connectivity index (χ0v) is 14.8. The van der Waals surface area contributed by atoms with E-state index in [0.29, 0.717) is 12.2 Å². The van der Waals surface area contributed by atoms with Crippen molar-refractivity contribution >= 4 is 28.0 Å². The number of fused-ring (bicyclic) bond motifs is 1. The summed E-state index contributed by atoms with van der Waals surface area (Å²) >= 11 is 1.56.